The smallest absolute Gasteiger partial charge is 0.330 e. The van der Waals surface area contributed by atoms with Crippen LogP contribution in [0.2, 0.25) is 0 Å². The number of nitrogen functional groups attached to an aromatic ring is 1. The number of carbonyl (C=O) groups is 1. The summed E-state index contributed by atoms with van der Waals surface area (Å²) < 4.78 is 10.6. The quantitative estimate of drug-likeness (QED) is 0.249. The van der Waals surface area contributed by atoms with Gasteiger partial charge >= 0.3 is 5.97 Å². The Labute approximate surface area is 197 Å². The summed E-state index contributed by atoms with van der Waals surface area (Å²) in [4.78, 5) is 23.8. The molecule has 2 aromatic heterocycles. The largest absolute Gasteiger partial charge is 0.480 e. The molecule has 1 unspecified atom stereocenters. The van der Waals surface area contributed by atoms with E-state index < -0.39 is 21.0 Å². The molecule has 0 saturated heterocycles. The van der Waals surface area contributed by atoms with E-state index in [2.05, 4.69) is 31.7 Å². The molecule has 0 saturated carbocycles. The molecule has 0 aliphatic carbocycles. The summed E-state index contributed by atoms with van der Waals surface area (Å²) in [5, 5.41) is 17.0. The fourth-order valence-corrected chi connectivity index (χ4v) is 4.26. The summed E-state index contributed by atoms with van der Waals surface area (Å²) in [6.07, 6.45) is 3.32. The molecule has 0 radical (unpaired) electrons. The van der Waals surface area contributed by atoms with Crippen molar-refractivity contribution in [2.75, 3.05) is 30.1 Å². The van der Waals surface area contributed by atoms with Gasteiger partial charge in [-0.05, 0) is 48.0 Å². The molecule has 4 rings (SSSR count). The van der Waals surface area contributed by atoms with Crippen molar-refractivity contribution in [1.29, 1.82) is 0 Å². The van der Waals surface area contributed by atoms with Crippen LogP contribution in [0, 0.1) is 0 Å². The van der Waals surface area contributed by atoms with Crippen LogP contribution in [0.1, 0.15) is 5.56 Å². The average molecular weight is 478 g/mol. The second-order valence-electron chi connectivity index (χ2n) is 7.15. The highest BCUT2D eigenvalue weighted by Gasteiger charge is 2.14. The van der Waals surface area contributed by atoms with E-state index in [0.717, 1.165) is 27.5 Å². The van der Waals surface area contributed by atoms with Crippen molar-refractivity contribution in [3.63, 3.8) is 0 Å². The van der Waals surface area contributed by atoms with E-state index in [1.165, 1.54) is 7.11 Å². The van der Waals surface area contributed by atoms with E-state index in [1.54, 1.807) is 24.5 Å². The first-order chi connectivity index (χ1) is 16.5. The van der Waals surface area contributed by atoms with Crippen molar-refractivity contribution in [3.05, 3.63) is 72.6 Å². The lowest BCUT2D eigenvalue weighted by Crippen LogP contribution is -2.10. The number of carboxylic acids is 1. The van der Waals surface area contributed by atoms with Gasteiger partial charge in [-0.3, -0.25) is 4.98 Å². The Hall–Kier alpha value is -3.85. The Balaban J connectivity index is 1.41. The predicted molar refractivity (Wildman–Crippen MR) is 132 cm³/mol. The molecular weight excluding hydrogens is 455 g/mol. The lowest BCUT2D eigenvalue weighted by molar-refractivity contribution is -0.139. The van der Waals surface area contributed by atoms with E-state index in [0.29, 0.717) is 24.0 Å². The normalized spacial score (nSPS) is 11.8. The molecule has 174 valence electrons. The lowest BCUT2D eigenvalue weighted by atomic mass is 10.1. The molecular formula is C23H23N6O4P. The zero-order valence-electron chi connectivity index (χ0n) is 18.3. The van der Waals surface area contributed by atoms with Crippen molar-refractivity contribution in [2.45, 2.75) is 6.54 Å². The topological polar surface area (TPSA) is 145 Å². The van der Waals surface area contributed by atoms with Crippen molar-refractivity contribution in [3.8, 4) is 0 Å². The van der Waals surface area contributed by atoms with Gasteiger partial charge < -0.3 is 30.5 Å². The van der Waals surface area contributed by atoms with Crippen LogP contribution in [-0.4, -0.2) is 39.7 Å². The van der Waals surface area contributed by atoms with Crippen LogP contribution in [0.15, 0.2) is 67.0 Å². The Morgan fingerprint density at radius 3 is 2.74 bits per heavy atom. The molecule has 11 heteroatoms. The summed E-state index contributed by atoms with van der Waals surface area (Å²) in [6.45, 7) is 0.102. The maximum atomic E-state index is 10.7. The number of aromatic nitrogens is 3. The molecule has 0 spiro atoms. The number of nitrogens with one attached hydrogen (secondary N) is 2. The fourth-order valence-electron chi connectivity index (χ4n) is 3.17. The van der Waals surface area contributed by atoms with E-state index in [1.807, 2.05) is 36.4 Å². The number of nitrogens with zero attached hydrogens (tertiary/aromatic N) is 3. The first-order valence-electron chi connectivity index (χ1n) is 10.3. The third-order valence-electron chi connectivity index (χ3n) is 4.75. The summed E-state index contributed by atoms with van der Waals surface area (Å²) in [5.41, 5.74) is 8.78. The van der Waals surface area contributed by atoms with Gasteiger partial charge in [0.25, 0.3) is 0 Å². The molecule has 0 amide bonds. The zero-order valence-corrected chi connectivity index (χ0v) is 19.2. The number of aliphatic carboxylic acids is 1. The van der Waals surface area contributed by atoms with E-state index in [-0.39, 0.29) is 0 Å². The van der Waals surface area contributed by atoms with Crippen LogP contribution < -0.4 is 21.7 Å². The molecule has 0 aliphatic rings. The number of carboxylic acid groups (broad SMARTS) is 1. The molecule has 10 nitrogen and oxygen atoms in total. The number of anilines is 4. The second-order valence-corrected chi connectivity index (χ2v) is 8.81. The number of fused-ring (bicyclic) bond motifs is 1. The minimum atomic E-state index is -1.47. The maximum Gasteiger partial charge on any atom is 0.330 e. The molecule has 2 aromatic carbocycles. The van der Waals surface area contributed by atoms with Gasteiger partial charge in [0, 0.05) is 36.2 Å². The van der Waals surface area contributed by atoms with Gasteiger partial charge in [-0.25, -0.2) is 14.8 Å². The standard InChI is InChI=1S/C23H23N6O4P/c1-32-34(33-14-21(30)31)18-7-5-17(6-8-18)28-20-13-26-22(24)23(29-20)27-12-15-4-9-19-16(11-15)3-2-10-25-19/h2-11,13H,12,14H2,1H3,(H2,24,26)(H,30,31)(H2,27,28,29). The molecule has 34 heavy (non-hydrogen) atoms. The van der Waals surface area contributed by atoms with Crippen molar-refractivity contribution >= 4 is 53.7 Å². The van der Waals surface area contributed by atoms with Gasteiger partial charge in [-0.2, -0.15) is 0 Å². The van der Waals surface area contributed by atoms with Crippen LogP contribution in [0.5, 0.6) is 0 Å². The second kappa shape index (κ2) is 10.8. The lowest BCUT2D eigenvalue weighted by Gasteiger charge is -2.15. The number of hydrogen-bond donors (Lipinski definition) is 4. The third kappa shape index (κ3) is 5.93. The van der Waals surface area contributed by atoms with Gasteiger partial charge in [0.1, 0.15) is 0 Å². The zero-order chi connectivity index (χ0) is 23.9. The number of nitrogens with two attached hydrogens (primary N) is 1. The van der Waals surface area contributed by atoms with Gasteiger partial charge in [0.2, 0.25) is 8.38 Å². The van der Waals surface area contributed by atoms with E-state index >= 15 is 0 Å². The van der Waals surface area contributed by atoms with Crippen LogP contribution in [0.4, 0.5) is 23.1 Å². The molecule has 0 aliphatic heterocycles. The Morgan fingerprint density at radius 1 is 1.15 bits per heavy atom. The SMILES string of the molecule is COP(OCC(=O)O)c1ccc(Nc2cnc(N)c(NCc3ccc4ncccc4c3)n2)cc1. The van der Waals surface area contributed by atoms with Crippen LogP contribution in [-0.2, 0) is 20.4 Å². The molecule has 0 bridgehead atoms. The molecule has 0 fully saturated rings. The van der Waals surface area contributed by atoms with Crippen molar-refractivity contribution in [1.82, 2.24) is 15.0 Å². The number of pyridine rings is 1. The van der Waals surface area contributed by atoms with Crippen molar-refractivity contribution in [2.24, 2.45) is 0 Å². The summed E-state index contributed by atoms with van der Waals surface area (Å²) in [5.74, 6) is 0.234. The first kappa shape index (κ1) is 23.3. The highest BCUT2D eigenvalue weighted by molar-refractivity contribution is 7.56. The van der Waals surface area contributed by atoms with E-state index in [9.17, 15) is 4.79 Å². The van der Waals surface area contributed by atoms with Crippen molar-refractivity contribution < 1.29 is 18.9 Å². The van der Waals surface area contributed by atoms with Crippen LogP contribution in [0.25, 0.3) is 10.9 Å². The summed E-state index contributed by atoms with van der Waals surface area (Å²) in [7, 11) is 0.00647. The predicted octanol–water partition coefficient (Wildman–Crippen LogP) is 3.65. The summed E-state index contributed by atoms with van der Waals surface area (Å²) in [6, 6.07) is 17.2. The van der Waals surface area contributed by atoms with Gasteiger partial charge in [0.15, 0.2) is 24.1 Å². The maximum absolute atomic E-state index is 10.7. The highest BCUT2D eigenvalue weighted by Crippen LogP contribution is 2.36. The Morgan fingerprint density at radius 2 is 1.97 bits per heavy atom. The molecule has 5 N–H and O–H groups in total. The van der Waals surface area contributed by atoms with E-state index in [4.69, 9.17) is 19.9 Å². The molecule has 2 heterocycles. The molecule has 4 aromatic rings. The number of rotatable bonds is 10. The highest BCUT2D eigenvalue weighted by atomic mass is 31.2. The monoisotopic (exact) mass is 478 g/mol. The molecule has 1 atom stereocenters. The Bertz CT molecular complexity index is 1290. The fraction of sp³-hybridized carbons (Fsp3) is 0.130. The number of hydrogen-bond acceptors (Lipinski definition) is 9. The van der Waals surface area contributed by atoms with Crippen LogP contribution >= 0.6 is 8.38 Å². The minimum Gasteiger partial charge on any atom is -0.480 e. The van der Waals surface area contributed by atoms with Gasteiger partial charge in [-0.1, -0.05) is 12.1 Å². The summed E-state index contributed by atoms with van der Waals surface area (Å²) >= 11 is 0. The third-order valence-corrected chi connectivity index (χ3v) is 6.16. The van der Waals surface area contributed by atoms with Gasteiger partial charge in [0.05, 0.1) is 11.7 Å². The Kier molecular flexibility index (Phi) is 7.44. The average Bonchev–Trinajstić information content (AvgIpc) is 2.85. The van der Waals surface area contributed by atoms with Crippen LogP contribution in [0.3, 0.4) is 0 Å². The van der Waals surface area contributed by atoms with Gasteiger partial charge in [-0.15, -0.1) is 0 Å². The minimum absolute atomic E-state index is 0.296. The first-order valence-corrected chi connectivity index (χ1v) is 11.5. The number of benzene rings is 2.